The first-order valence-electron chi connectivity index (χ1n) is 4.49. The van der Waals surface area contributed by atoms with E-state index in [9.17, 15) is 0 Å². The molecule has 0 radical (unpaired) electrons. The first-order valence-corrected chi connectivity index (χ1v) is 4.49. The summed E-state index contributed by atoms with van der Waals surface area (Å²) in [6, 6.07) is 4.16. The number of aromatic nitrogens is 1. The molecule has 0 bridgehead atoms. The topological polar surface area (TPSA) is 14.2 Å². The molecule has 12 heavy (non-hydrogen) atoms. The Labute approximate surface area is 74.2 Å². The summed E-state index contributed by atoms with van der Waals surface area (Å²) in [6.07, 6.45) is 2.39. The predicted molar refractivity (Wildman–Crippen MR) is 50.0 cm³/mol. The Morgan fingerprint density at radius 1 is 1.50 bits per heavy atom. The Morgan fingerprint density at radius 2 is 2.25 bits per heavy atom. The van der Waals surface area contributed by atoms with Crippen LogP contribution in [0.1, 0.15) is 26.5 Å². The van der Waals surface area contributed by atoms with Crippen LogP contribution in [-0.4, -0.2) is 10.7 Å². The second-order valence-electron chi connectivity index (χ2n) is 3.15. The van der Waals surface area contributed by atoms with Crippen LogP contribution in [0, 0.1) is 0 Å². The van der Waals surface area contributed by atoms with Crippen LogP contribution in [0.2, 0.25) is 0 Å². The van der Waals surface area contributed by atoms with Gasteiger partial charge in [-0.15, -0.1) is 0 Å². The highest BCUT2D eigenvalue weighted by molar-refractivity contribution is 5.05. The summed E-state index contributed by atoms with van der Waals surface area (Å²) in [4.78, 5) is 0. The quantitative estimate of drug-likeness (QED) is 0.671. The van der Waals surface area contributed by atoms with Crippen LogP contribution in [0.5, 0.6) is 0 Å². The van der Waals surface area contributed by atoms with Crippen molar-refractivity contribution in [2.45, 2.75) is 40.0 Å². The largest absolute Gasteiger partial charge is 0.373 e. The van der Waals surface area contributed by atoms with Crippen molar-refractivity contribution >= 4 is 0 Å². The number of hydrogen-bond acceptors (Lipinski definition) is 1. The molecular weight excluding hydrogens is 150 g/mol. The summed E-state index contributed by atoms with van der Waals surface area (Å²) in [7, 11) is 0. The molecule has 68 valence electrons. The SMILES string of the molecule is CCn1cccc1COC(C)C. The van der Waals surface area contributed by atoms with E-state index in [1.165, 1.54) is 5.69 Å². The molecule has 0 aromatic carbocycles. The van der Waals surface area contributed by atoms with Crippen LogP contribution >= 0.6 is 0 Å². The highest BCUT2D eigenvalue weighted by Crippen LogP contribution is 2.05. The van der Waals surface area contributed by atoms with Crippen molar-refractivity contribution in [1.29, 1.82) is 0 Å². The fourth-order valence-corrected chi connectivity index (χ4v) is 1.14. The van der Waals surface area contributed by atoms with E-state index in [1.807, 2.05) is 0 Å². The van der Waals surface area contributed by atoms with Gasteiger partial charge < -0.3 is 9.30 Å². The van der Waals surface area contributed by atoms with Gasteiger partial charge in [-0.25, -0.2) is 0 Å². The van der Waals surface area contributed by atoms with Crippen molar-refractivity contribution in [3.63, 3.8) is 0 Å². The molecule has 0 spiro atoms. The lowest BCUT2D eigenvalue weighted by atomic mass is 10.4. The average Bonchev–Trinajstić information content (AvgIpc) is 2.47. The molecule has 0 unspecified atom stereocenters. The molecule has 0 N–H and O–H groups in total. The third-order valence-corrected chi connectivity index (χ3v) is 1.83. The van der Waals surface area contributed by atoms with Gasteiger partial charge in [0.15, 0.2) is 0 Å². The molecule has 0 aliphatic heterocycles. The summed E-state index contributed by atoms with van der Waals surface area (Å²) in [5, 5.41) is 0. The molecule has 1 heterocycles. The van der Waals surface area contributed by atoms with Gasteiger partial charge >= 0.3 is 0 Å². The summed E-state index contributed by atoms with van der Waals surface area (Å²) in [6.45, 7) is 7.99. The van der Waals surface area contributed by atoms with Gasteiger partial charge in [0.05, 0.1) is 12.7 Å². The van der Waals surface area contributed by atoms with Crippen molar-refractivity contribution in [2.24, 2.45) is 0 Å². The highest BCUT2D eigenvalue weighted by atomic mass is 16.5. The van der Waals surface area contributed by atoms with Gasteiger partial charge in [-0.2, -0.15) is 0 Å². The lowest BCUT2D eigenvalue weighted by Crippen LogP contribution is -2.06. The molecule has 0 atom stereocenters. The molecule has 0 amide bonds. The van der Waals surface area contributed by atoms with Gasteiger partial charge in [-0.1, -0.05) is 0 Å². The van der Waals surface area contributed by atoms with Crippen LogP contribution in [0.25, 0.3) is 0 Å². The number of nitrogens with zero attached hydrogens (tertiary/aromatic N) is 1. The van der Waals surface area contributed by atoms with Crippen molar-refractivity contribution < 1.29 is 4.74 Å². The van der Waals surface area contributed by atoms with E-state index in [0.29, 0.717) is 6.10 Å². The van der Waals surface area contributed by atoms with Crippen molar-refractivity contribution in [1.82, 2.24) is 4.57 Å². The van der Waals surface area contributed by atoms with E-state index >= 15 is 0 Å². The van der Waals surface area contributed by atoms with E-state index in [-0.39, 0.29) is 0 Å². The minimum absolute atomic E-state index is 0.310. The zero-order chi connectivity index (χ0) is 8.97. The molecule has 1 aromatic heterocycles. The van der Waals surface area contributed by atoms with E-state index < -0.39 is 0 Å². The lowest BCUT2D eigenvalue weighted by Gasteiger charge is -2.09. The minimum Gasteiger partial charge on any atom is -0.373 e. The number of rotatable bonds is 4. The number of hydrogen-bond donors (Lipinski definition) is 0. The Bertz CT molecular complexity index is 227. The summed E-state index contributed by atoms with van der Waals surface area (Å²) in [5.41, 5.74) is 1.26. The predicted octanol–water partition coefficient (Wildman–Crippen LogP) is 2.43. The monoisotopic (exact) mass is 167 g/mol. The second-order valence-corrected chi connectivity index (χ2v) is 3.15. The van der Waals surface area contributed by atoms with Crippen LogP contribution < -0.4 is 0 Å². The normalized spacial score (nSPS) is 11.0. The molecule has 0 aliphatic carbocycles. The lowest BCUT2D eigenvalue weighted by molar-refractivity contribution is 0.0618. The van der Waals surface area contributed by atoms with Crippen LogP contribution in [0.15, 0.2) is 18.3 Å². The number of aryl methyl sites for hydroxylation is 1. The second kappa shape index (κ2) is 4.31. The Kier molecular flexibility index (Phi) is 3.35. The molecule has 0 aliphatic rings. The van der Waals surface area contributed by atoms with E-state index in [1.54, 1.807) is 0 Å². The summed E-state index contributed by atoms with van der Waals surface area (Å²) < 4.78 is 7.70. The molecule has 2 heteroatoms. The van der Waals surface area contributed by atoms with Crippen molar-refractivity contribution in [3.8, 4) is 0 Å². The molecule has 0 fully saturated rings. The molecule has 0 saturated carbocycles. The van der Waals surface area contributed by atoms with Gasteiger partial charge in [0.1, 0.15) is 0 Å². The maximum atomic E-state index is 5.51. The third-order valence-electron chi connectivity index (χ3n) is 1.83. The fourth-order valence-electron chi connectivity index (χ4n) is 1.14. The van der Waals surface area contributed by atoms with Crippen molar-refractivity contribution in [2.75, 3.05) is 0 Å². The van der Waals surface area contributed by atoms with Gasteiger partial charge in [0.25, 0.3) is 0 Å². The fraction of sp³-hybridized carbons (Fsp3) is 0.600. The van der Waals surface area contributed by atoms with E-state index in [4.69, 9.17) is 4.74 Å². The Hall–Kier alpha value is -0.760. The molecular formula is C10H17NO. The van der Waals surface area contributed by atoms with Crippen molar-refractivity contribution in [3.05, 3.63) is 24.0 Å². The zero-order valence-corrected chi connectivity index (χ0v) is 8.08. The van der Waals surface area contributed by atoms with Crippen LogP contribution in [0.4, 0.5) is 0 Å². The first kappa shape index (κ1) is 9.33. The average molecular weight is 167 g/mol. The van der Waals surface area contributed by atoms with Gasteiger partial charge in [-0.3, -0.25) is 0 Å². The maximum Gasteiger partial charge on any atom is 0.0871 e. The van der Waals surface area contributed by atoms with Gasteiger partial charge in [0.2, 0.25) is 0 Å². The highest BCUT2D eigenvalue weighted by Gasteiger charge is 1.99. The number of ether oxygens (including phenoxy) is 1. The molecule has 1 rings (SSSR count). The van der Waals surface area contributed by atoms with E-state index in [0.717, 1.165) is 13.2 Å². The van der Waals surface area contributed by atoms with E-state index in [2.05, 4.69) is 43.7 Å². The smallest absolute Gasteiger partial charge is 0.0871 e. The summed E-state index contributed by atoms with van der Waals surface area (Å²) in [5.74, 6) is 0. The van der Waals surface area contributed by atoms with Crippen LogP contribution in [0.3, 0.4) is 0 Å². The standard InChI is InChI=1S/C10H17NO/c1-4-11-7-5-6-10(11)8-12-9(2)3/h5-7,9H,4,8H2,1-3H3. The third kappa shape index (κ3) is 2.38. The zero-order valence-electron chi connectivity index (χ0n) is 8.08. The first-order chi connectivity index (χ1) is 5.74. The van der Waals surface area contributed by atoms with Crippen LogP contribution in [-0.2, 0) is 17.9 Å². The minimum atomic E-state index is 0.310. The van der Waals surface area contributed by atoms with Gasteiger partial charge in [0, 0.05) is 18.4 Å². The van der Waals surface area contributed by atoms with Gasteiger partial charge in [-0.05, 0) is 32.9 Å². The Balaban J connectivity index is 2.50. The molecule has 1 aromatic rings. The molecule has 0 saturated heterocycles. The molecule has 2 nitrogen and oxygen atoms in total. The maximum absolute atomic E-state index is 5.51. The summed E-state index contributed by atoms with van der Waals surface area (Å²) >= 11 is 0. The Morgan fingerprint density at radius 3 is 2.83 bits per heavy atom.